The number of ether oxygens (including phenoxy) is 1. The average Bonchev–Trinajstić information content (AvgIpc) is 2.87. The summed E-state index contributed by atoms with van der Waals surface area (Å²) in [5.74, 6) is 1.01. The summed E-state index contributed by atoms with van der Waals surface area (Å²) in [4.78, 5) is 0.339. The van der Waals surface area contributed by atoms with Crippen LogP contribution in [0.15, 0.2) is 17.0 Å². The molecule has 2 rings (SSSR count). The van der Waals surface area contributed by atoms with Gasteiger partial charge in [0.15, 0.2) is 0 Å². The highest BCUT2D eigenvalue weighted by atomic mass is 32.2. The lowest BCUT2D eigenvalue weighted by molar-refractivity contribution is 0.408. The Morgan fingerprint density at radius 2 is 1.95 bits per heavy atom. The van der Waals surface area contributed by atoms with E-state index in [2.05, 4.69) is 0 Å². The van der Waals surface area contributed by atoms with E-state index in [0.717, 1.165) is 23.3 Å². The molecular weight excluding hydrogens is 276 g/mol. The molecule has 5 nitrogen and oxygen atoms in total. The summed E-state index contributed by atoms with van der Waals surface area (Å²) in [6, 6.07) is 3.36. The lowest BCUT2D eigenvalue weighted by atomic mass is 10.1. The summed E-state index contributed by atoms with van der Waals surface area (Å²) in [6.07, 6.45) is 0.837. The third-order valence-corrected chi connectivity index (χ3v) is 5.70. The molecule has 1 aromatic rings. The third-order valence-electron chi connectivity index (χ3n) is 3.86. The molecule has 2 N–H and O–H groups in total. The van der Waals surface area contributed by atoms with Gasteiger partial charge >= 0.3 is 0 Å². The number of sulfonamides is 1. The van der Waals surface area contributed by atoms with E-state index < -0.39 is 10.0 Å². The van der Waals surface area contributed by atoms with Crippen molar-refractivity contribution < 1.29 is 13.2 Å². The fourth-order valence-electron chi connectivity index (χ4n) is 2.74. The summed E-state index contributed by atoms with van der Waals surface area (Å²) in [5, 5.41) is 0. The zero-order valence-electron chi connectivity index (χ0n) is 12.2. The van der Waals surface area contributed by atoms with Gasteiger partial charge in [0.2, 0.25) is 10.0 Å². The van der Waals surface area contributed by atoms with Crippen molar-refractivity contribution in [3.8, 4) is 5.75 Å². The number of hydrogen-bond acceptors (Lipinski definition) is 4. The van der Waals surface area contributed by atoms with Crippen LogP contribution in [0.3, 0.4) is 0 Å². The SMILES string of the molecule is COc1c(C)cc(S(=O)(=O)N2CCC(CN)C2)cc1C. The first-order valence-electron chi connectivity index (χ1n) is 6.75. The van der Waals surface area contributed by atoms with Gasteiger partial charge in [0.1, 0.15) is 5.75 Å². The highest BCUT2D eigenvalue weighted by Crippen LogP contribution is 2.30. The number of aryl methyl sites for hydroxylation is 2. The Balaban J connectivity index is 2.36. The van der Waals surface area contributed by atoms with Crippen LogP contribution in [-0.2, 0) is 10.0 Å². The van der Waals surface area contributed by atoms with Crippen LogP contribution in [0.2, 0.25) is 0 Å². The van der Waals surface area contributed by atoms with E-state index in [1.165, 1.54) is 4.31 Å². The van der Waals surface area contributed by atoms with Crippen molar-refractivity contribution in [1.82, 2.24) is 4.31 Å². The maximum Gasteiger partial charge on any atom is 0.243 e. The Morgan fingerprint density at radius 3 is 2.40 bits per heavy atom. The lowest BCUT2D eigenvalue weighted by Gasteiger charge is -2.18. The third kappa shape index (κ3) is 2.68. The molecule has 20 heavy (non-hydrogen) atoms. The predicted octanol–water partition coefficient (Wildman–Crippen LogP) is 1.28. The standard InChI is InChI=1S/C14H22N2O3S/c1-10-6-13(7-11(2)14(10)19-3)20(17,18)16-5-4-12(8-15)9-16/h6-7,12H,4-5,8-9,15H2,1-3H3. The minimum absolute atomic E-state index is 0.269. The number of benzene rings is 1. The molecule has 0 bridgehead atoms. The molecule has 6 heteroatoms. The van der Waals surface area contributed by atoms with Gasteiger partial charge in [-0.2, -0.15) is 4.31 Å². The molecular formula is C14H22N2O3S. The molecule has 1 saturated heterocycles. The second-order valence-electron chi connectivity index (χ2n) is 5.34. The Kier molecular flexibility index (Phi) is 4.36. The highest BCUT2D eigenvalue weighted by molar-refractivity contribution is 7.89. The second-order valence-corrected chi connectivity index (χ2v) is 7.28. The van der Waals surface area contributed by atoms with Crippen molar-refractivity contribution >= 4 is 10.0 Å². The van der Waals surface area contributed by atoms with E-state index >= 15 is 0 Å². The van der Waals surface area contributed by atoms with E-state index in [0.29, 0.717) is 24.5 Å². The topological polar surface area (TPSA) is 72.6 Å². The fraction of sp³-hybridized carbons (Fsp3) is 0.571. The zero-order chi connectivity index (χ0) is 14.9. The minimum atomic E-state index is -3.43. The monoisotopic (exact) mass is 298 g/mol. The first kappa shape index (κ1) is 15.3. The molecule has 112 valence electrons. The van der Waals surface area contributed by atoms with Crippen molar-refractivity contribution in [1.29, 1.82) is 0 Å². The van der Waals surface area contributed by atoms with Gasteiger partial charge in [0.25, 0.3) is 0 Å². The van der Waals surface area contributed by atoms with Gasteiger partial charge in [-0.15, -0.1) is 0 Å². The van der Waals surface area contributed by atoms with Crippen LogP contribution >= 0.6 is 0 Å². The Morgan fingerprint density at radius 1 is 1.35 bits per heavy atom. The van der Waals surface area contributed by atoms with Crippen LogP contribution in [0, 0.1) is 19.8 Å². The van der Waals surface area contributed by atoms with Crippen LogP contribution in [0.25, 0.3) is 0 Å². The van der Waals surface area contributed by atoms with Crippen LogP contribution in [0.4, 0.5) is 0 Å². The Hall–Kier alpha value is -1.11. The highest BCUT2D eigenvalue weighted by Gasteiger charge is 2.32. The number of nitrogens with two attached hydrogens (primary N) is 1. The molecule has 0 amide bonds. The van der Waals surface area contributed by atoms with E-state index in [1.807, 2.05) is 13.8 Å². The molecule has 0 saturated carbocycles. The summed E-state index contributed by atoms with van der Waals surface area (Å²) in [6.45, 7) is 5.32. The molecule has 0 aliphatic carbocycles. The zero-order valence-corrected chi connectivity index (χ0v) is 13.0. The molecule has 1 aromatic carbocycles. The molecule has 1 atom stereocenters. The van der Waals surface area contributed by atoms with Crippen molar-refractivity contribution in [2.24, 2.45) is 11.7 Å². The van der Waals surface area contributed by atoms with E-state index in [9.17, 15) is 8.42 Å². The Bertz CT molecular complexity index is 575. The summed E-state index contributed by atoms with van der Waals surface area (Å²) < 4.78 is 32.1. The normalized spacial score (nSPS) is 20.3. The molecule has 1 aliphatic rings. The maximum atomic E-state index is 12.6. The second kappa shape index (κ2) is 5.71. The van der Waals surface area contributed by atoms with Crippen molar-refractivity contribution in [2.45, 2.75) is 25.2 Å². The van der Waals surface area contributed by atoms with Gasteiger partial charge in [-0.25, -0.2) is 8.42 Å². The van der Waals surface area contributed by atoms with Crippen LogP contribution in [-0.4, -0.2) is 39.5 Å². The van der Waals surface area contributed by atoms with Crippen molar-refractivity contribution in [3.63, 3.8) is 0 Å². The number of nitrogens with zero attached hydrogens (tertiary/aromatic N) is 1. The minimum Gasteiger partial charge on any atom is -0.496 e. The molecule has 1 heterocycles. The van der Waals surface area contributed by atoms with Crippen LogP contribution in [0.1, 0.15) is 17.5 Å². The van der Waals surface area contributed by atoms with E-state index in [4.69, 9.17) is 10.5 Å². The van der Waals surface area contributed by atoms with E-state index in [-0.39, 0.29) is 5.92 Å². The van der Waals surface area contributed by atoms with Gasteiger partial charge < -0.3 is 10.5 Å². The fourth-order valence-corrected chi connectivity index (χ4v) is 4.44. The summed E-state index contributed by atoms with van der Waals surface area (Å²) >= 11 is 0. The average molecular weight is 298 g/mol. The van der Waals surface area contributed by atoms with Gasteiger partial charge in [0, 0.05) is 13.1 Å². The quantitative estimate of drug-likeness (QED) is 0.909. The number of hydrogen-bond donors (Lipinski definition) is 1. The largest absolute Gasteiger partial charge is 0.496 e. The molecule has 1 aliphatic heterocycles. The van der Waals surface area contributed by atoms with Crippen molar-refractivity contribution in [3.05, 3.63) is 23.3 Å². The van der Waals surface area contributed by atoms with Crippen LogP contribution < -0.4 is 10.5 Å². The molecule has 0 radical (unpaired) electrons. The number of methoxy groups -OCH3 is 1. The summed E-state index contributed by atoms with van der Waals surface area (Å²) in [5.41, 5.74) is 7.29. The molecule has 0 spiro atoms. The predicted molar refractivity (Wildman–Crippen MR) is 78.4 cm³/mol. The van der Waals surface area contributed by atoms with Gasteiger partial charge in [-0.1, -0.05) is 0 Å². The molecule has 1 fully saturated rings. The van der Waals surface area contributed by atoms with Crippen LogP contribution in [0.5, 0.6) is 5.75 Å². The van der Waals surface area contributed by atoms with Crippen molar-refractivity contribution in [2.75, 3.05) is 26.7 Å². The maximum absolute atomic E-state index is 12.6. The summed E-state index contributed by atoms with van der Waals surface area (Å²) in [7, 11) is -1.84. The first-order chi connectivity index (χ1) is 9.40. The van der Waals surface area contributed by atoms with Gasteiger partial charge in [0.05, 0.1) is 12.0 Å². The number of rotatable bonds is 4. The van der Waals surface area contributed by atoms with Gasteiger partial charge in [-0.05, 0) is 56.0 Å². The van der Waals surface area contributed by atoms with Gasteiger partial charge in [-0.3, -0.25) is 0 Å². The molecule has 0 aromatic heterocycles. The smallest absolute Gasteiger partial charge is 0.243 e. The molecule has 1 unspecified atom stereocenters. The Labute approximate surface area is 120 Å². The van der Waals surface area contributed by atoms with E-state index in [1.54, 1.807) is 19.2 Å². The first-order valence-corrected chi connectivity index (χ1v) is 8.19. The lowest BCUT2D eigenvalue weighted by Crippen LogP contribution is -2.30.